The molecule has 1 heteroatoms. The molecular formula is C31H54N+. The summed E-state index contributed by atoms with van der Waals surface area (Å²) in [6.07, 6.45) is 24.1. The topological polar surface area (TPSA) is 0 Å². The predicted molar refractivity (Wildman–Crippen MR) is 145 cm³/mol. The van der Waals surface area contributed by atoms with Crippen molar-refractivity contribution >= 4 is 0 Å². The molecule has 182 valence electrons. The quantitative estimate of drug-likeness (QED) is 0.0956. The van der Waals surface area contributed by atoms with Crippen LogP contribution in [0.3, 0.4) is 0 Å². The number of hydrogen-bond acceptors (Lipinski definition) is 0. The van der Waals surface area contributed by atoms with Gasteiger partial charge in [0.2, 0.25) is 0 Å². The number of unbranched alkanes of at least 4 members (excludes halogenated alkanes) is 12. The molecule has 1 nitrogen and oxygen atoms in total. The average molecular weight is 441 g/mol. The Morgan fingerprint density at radius 1 is 0.656 bits per heavy atom. The number of rotatable bonds is 22. The first-order valence-corrected chi connectivity index (χ1v) is 13.7. The second-order valence-electron chi connectivity index (χ2n) is 10.4. The van der Waals surface area contributed by atoms with Crippen molar-refractivity contribution in [3.05, 3.63) is 61.2 Å². The molecule has 32 heavy (non-hydrogen) atoms. The fraction of sp³-hybridized carbons (Fsp3) is 0.677. The van der Waals surface area contributed by atoms with Crippen molar-refractivity contribution in [1.29, 1.82) is 0 Å². The first kappa shape index (κ1) is 28.7. The lowest BCUT2D eigenvalue weighted by Gasteiger charge is -2.37. The summed E-state index contributed by atoms with van der Waals surface area (Å²) in [5, 5.41) is 0. The Morgan fingerprint density at radius 2 is 1.09 bits per heavy atom. The molecule has 0 N–H and O–H groups in total. The first-order chi connectivity index (χ1) is 15.6. The largest absolute Gasteiger partial charge is 0.313 e. The molecule has 0 saturated heterocycles. The molecule has 1 rings (SSSR count). The summed E-state index contributed by atoms with van der Waals surface area (Å²) < 4.78 is 1.06. The van der Waals surface area contributed by atoms with E-state index in [1.165, 1.54) is 102 Å². The maximum absolute atomic E-state index is 4.04. The summed E-state index contributed by atoms with van der Waals surface area (Å²) in [6.45, 7) is 17.1. The average Bonchev–Trinajstić information content (AvgIpc) is 2.77. The van der Waals surface area contributed by atoms with Gasteiger partial charge in [0.1, 0.15) is 6.54 Å². The molecule has 0 bridgehead atoms. The standard InChI is InChI=1S/C31H54N/c1-5-26-32(27-6-2,29-31-24-20-18-21-25-31)28-22-17-15-13-11-9-7-8-10-12-14-16-19-23-30(3)4/h5-6,18,20-21,24-25,30H,1-2,7-17,19,22-23,26-29H2,3-4H3/q+1. The monoisotopic (exact) mass is 440 g/mol. The van der Waals surface area contributed by atoms with E-state index in [-0.39, 0.29) is 0 Å². The second-order valence-corrected chi connectivity index (χ2v) is 10.4. The molecule has 0 radical (unpaired) electrons. The van der Waals surface area contributed by atoms with Crippen molar-refractivity contribution < 1.29 is 4.48 Å². The maximum Gasteiger partial charge on any atom is 0.105 e. The van der Waals surface area contributed by atoms with E-state index in [4.69, 9.17) is 0 Å². The molecule has 0 unspecified atom stereocenters. The fourth-order valence-corrected chi connectivity index (χ4v) is 4.93. The van der Waals surface area contributed by atoms with Gasteiger partial charge in [-0.05, 0) is 30.9 Å². The van der Waals surface area contributed by atoms with Gasteiger partial charge in [0, 0.05) is 5.56 Å². The van der Waals surface area contributed by atoms with Crippen molar-refractivity contribution in [2.45, 2.75) is 110 Å². The van der Waals surface area contributed by atoms with E-state index < -0.39 is 0 Å². The second kappa shape index (κ2) is 19.2. The molecule has 0 heterocycles. The third-order valence-corrected chi connectivity index (χ3v) is 6.81. The van der Waals surface area contributed by atoms with Gasteiger partial charge in [0.25, 0.3) is 0 Å². The highest BCUT2D eigenvalue weighted by Crippen LogP contribution is 2.19. The maximum atomic E-state index is 4.04. The number of quaternary nitrogens is 1. The molecule has 0 aliphatic rings. The van der Waals surface area contributed by atoms with Crippen LogP contribution in [0.5, 0.6) is 0 Å². The summed E-state index contributed by atoms with van der Waals surface area (Å²) in [4.78, 5) is 0. The lowest BCUT2D eigenvalue weighted by molar-refractivity contribution is -0.930. The SMILES string of the molecule is C=CC[N+](CC=C)(CCCCCCCCCCCCCCCC(C)C)Cc1ccccc1. The van der Waals surface area contributed by atoms with Crippen LogP contribution in [0, 0.1) is 5.92 Å². The minimum absolute atomic E-state index is 0.880. The smallest absolute Gasteiger partial charge is 0.105 e. The van der Waals surface area contributed by atoms with Gasteiger partial charge in [-0.1, -0.05) is 134 Å². The van der Waals surface area contributed by atoms with Crippen LogP contribution in [0.25, 0.3) is 0 Å². The van der Waals surface area contributed by atoms with Gasteiger partial charge in [0.05, 0.1) is 19.6 Å². The van der Waals surface area contributed by atoms with E-state index >= 15 is 0 Å². The van der Waals surface area contributed by atoms with Gasteiger partial charge in [-0.25, -0.2) is 0 Å². The van der Waals surface area contributed by atoms with Crippen LogP contribution in [-0.2, 0) is 6.54 Å². The number of nitrogens with zero attached hydrogens (tertiary/aromatic N) is 1. The summed E-state index contributed by atoms with van der Waals surface area (Å²) >= 11 is 0. The predicted octanol–water partition coefficient (Wildman–Crippen LogP) is 9.49. The third kappa shape index (κ3) is 14.7. The van der Waals surface area contributed by atoms with Crippen molar-refractivity contribution in [1.82, 2.24) is 0 Å². The molecule has 1 aromatic rings. The Hall–Kier alpha value is -1.34. The van der Waals surface area contributed by atoms with E-state index in [0.29, 0.717) is 0 Å². The minimum Gasteiger partial charge on any atom is -0.313 e. The molecule has 0 aliphatic heterocycles. The van der Waals surface area contributed by atoms with E-state index in [0.717, 1.165) is 30.0 Å². The van der Waals surface area contributed by atoms with E-state index in [1.807, 2.05) is 0 Å². The molecule has 0 aromatic heterocycles. The zero-order valence-electron chi connectivity index (χ0n) is 21.7. The Morgan fingerprint density at radius 3 is 1.53 bits per heavy atom. The van der Waals surface area contributed by atoms with Crippen molar-refractivity contribution in [2.24, 2.45) is 5.92 Å². The summed E-state index contributed by atoms with van der Waals surface area (Å²) in [5.41, 5.74) is 1.42. The molecule has 0 spiro atoms. The van der Waals surface area contributed by atoms with Crippen molar-refractivity contribution in [3.63, 3.8) is 0 Å². The van der Waals surface area contributed by atoms with Crippen LogP contribution >= 0.6 is 0 Å². The zero-order valence-corrected chi connectivity index (χ0v) is 21.7. The minimum atomic E-state index is 0.880. The Bertz CT molecular complexity index is 549. The highest BCUT2D eigenvalue weighted by molar-refractivity contribution is 5.13. The number of benzene rings is 1. The van der Waals surface area contributed by atoms with Gasteiger partial charge in [-0.15, -0.1) is 0 Å². The molecule has 0 amide bonds. The van der Waals surface area contributed by atoms with Crippen molar-refractivity contribution in [2.75, 3.05) is 19.6 Å². The number of hydrogen-bond donors (Lipinski definition) is 0. The summed E-state index contributed by atoms with van der Waals surface area (Å²) in [7, 11) is 0. The molecule has 0 saturated carbocycles. The Labute approximate surface area is 201 Å². The lowest BCUT2D eigenvalue weighted by atomic mass is 10.0. The summed E-state index contributed by atoms with van der Waals surface area (Å²) in [6, 6.07) is 10.9. The first-order valence-electron chi connectivity index (χ1n) is 13.7. The molecule has 0 fully saturated rings. The highest BCUT2D eigenvalue weighted by atomic mass is 15.3. The fourth-order valence-electron chi connectivity index (χ4n) is 4.93. The van der Waals surface area contributed by atoms with Gasteiger partial charge >= 0.3 is 0 Å². The lowest BCUT2D eigenvalue weighted by Crippen LogP contribution is -2.48. The van der Waals surface area contributed by atoms with Crippen LogP contribution < -0.4 is 0 Å². The van der Waals surface area contributed by atoms with Gasteiger partial charge in [0.15, 0.2) is 0 Å². The van der Waals surface area contributed by atoms with Gasteiger partial charge in [-0.2, -0.15) is 0 Å². The van der Waals surface area contributed by atoms with Gasteiger partial charge in [-0.3, -0.25) is 0 Å². The van der Waals surface area contributed by atoms with Gasteiger partial charge < -0.3 is 4.48 Å². The molecular weight excluding hydrogens is 386 g/mol. The normalized spacial score (nSPS) is 11.7. The highest BCUT2D eigenvalue weighted by Gasteiger charge is 2.24. The van der Waals surface area contributed by atoms with Crippen LogP contribution in [0.4, 0.5) is 0 Å². The van der Waals surface area contributed by atoms with E-state index in [9.17, 15) is 0 Å². The Balaban J connectivity index is 2.09. The summed E-state index contributed by atoms with van der Waals surface area (Å²) in [5.74, 6) is 0.880. The third-order valence-electron chi connectivity index (χ3n) is 6.81. The van der Waals surface area contributed by atoms with Crippen molar-refractivity contribution in [3.8, 4) is 0 Å². The Kier molecular flexibility index (Phi) is 17.2. The van der Waals surface area contributed by atoms with Crippen LogP contribution in [-0.4, -0.2) is 24.1 Å². The van der Waals surface area contributed by atoms with Crippen LogP contribution in [0.1, 0.15) is 109 Å². The van der Waals surface area contributed by atoms with Crippen LogP contribution in [0.2, 0.25) is 0 Å². The van der Waals surface area contributed by atoms with Crippen LogP contribution in [0.15, 0.2) is 55.6 Å². The molecule has 0 atom stereocenters. The zero-order chi connectivity index (χ0) is 23.3. The molecule has 1 aromatic carbocycles. The molecule has 0 aliphatic carbocycles. The van der Waals surface area contributed by atoms with E-state index in [1.54, 1.807) is 0 Å². The van der Waals surface area contributed by atoms with E-state index in [2.05, 4.69) is 69.5 Å².